The van der Waals surface area contributed by atoms with Gasteiger partial charge >= 0.3 is 0 Å². The maximum absolute atomic E-state index is 11.9. The standard InChI is InChI=1S/C9H17N5O3S/c1-6(4-8(10)12-15)13-18(16,17)9-5-14(3)7(2)11-9/h5-6,13,15H,4H2,1-3H3,(H2,10,12). The lowest BCUT2D eigenvalue weighted by atomic mass is 10.2. The van der Waals surface area contributed by atoms with Gasteiger partial charge in [-0.05, 0) is 13.8 Å². The average Bonchev–Trinajstić information content (AvgIpc) is 2.59. The topological polar surface area (TPSA) is 123 Å². The van der Waals surface area contributed by atoms with Gasteiger partial charge in [0.2, 0.25) is 0 Å². The zero-order valence-corrected chi connectivity index (χ0v) is 11.3. The Morgan fingerprint density at radius 3 is 2.78 bits per heavy atom. The SMILES string of the molecule is Cc1nc(S(=O)(=O)NC(C)CC(N)=NO)cn1C. The highest BCUT2D eigenvalue weighted by Crippen LogP contribution is 2.08. The molecule has 0 saturated carbocycles. The smallest absolute Gasteiger partial charge is 0.259 e. The molecule has 0 radical (unpaired) electrons. The number of aromatic nitrogens is 2. The second kappa shape index (κ2) is 5.36. The van der Waals surface area contributed by atoms with Gasteiger partial charge in [-0.3, -0.25) is 0 Å². The zero-order chi connectivity index (χ0) is 13.9. The largest absolute Gasteiger partial charge is 0.409 e. The predicted octanol–water partition coefficient (Wildman–Crippen LogP) is -0.468. The molecule has 1 aromatic heterocycles. The fourth-order valence-electron chi connectivity index (χ4n) is 1.38. The molecule has 8 nitrogen and oxygen atoms in total. The summed E-state index contributed by atoms with van der Waals surface area (Å²) in [6, 6.07) is -0.492. The molecule has 102 valence electrons. The Labute approximate surface area is 106 Å². The van der Waals surface area contributed by atoms with E-state index in [-0.39, 0.29) is 17.3 Å². The number of hydrogen-bond donors (Lipinski definition) is 3. The van der Waals surface area contributed by atoms with E-state index < -0.39 is 16.1 Å². The summed E-state index contributed by atoms with van der Waals surface area (Å²) in [6.07, 6.45) is 1.54. The molecule has 1 atom stereocenters. The van der Waals surface area contributed by atoms with Crippen LogP contribution < -0.4 is 10.5 Å². The quantitative estimate of drug-likeness (QED) is 0.290. The summed E-state index contributed by atoms with van der Waals surface area (Å²) in [7, 11) is -1.98. The third kappa shape index (κ3) is 3.44. The van der Waals surface area contributed by atoms with Crippen LogP contribution in [0.25, 0.3) is 0 Å². The van der Waals surface area contributed by atoms with Gasteiger partial charge in [0.15, 0.2) is 5.03 Å². The van der Waals surface area contributed by atoms with Gasteiger partial charge in [0.25, 0.3) is 10.0 Å². The van der Waals surface area contributed by atoms with E-state index in [9.17, 15) is 8.42 Å². The first-order valence-electron chi connectivity index (χ1n) is 5.25. The van der Waals surface area contributed by atoms with Gasteiger partial charge in [-0.15, -0.1) is 0 Å². The number of hydrogen-bond acceptors (Lipinski definition) is 5. The highest BCUT2D eigenvalue weighted by molar-refractivity contribution is 7.89. The lowest BCUT2D eigenvalue weighted by molar-refractivity contribution is 0.316. The van der Waals surface area contributed by atoms with Gasteiger partial charge in [0, 0.05) is 25.7 Å². The fourth-order valence-corrected chi connectivity index (χ4v) is 2.66. The molecule has 0 aliphatic heterocycles. The number of nitrogens with zero attached hydrogens (tertiary/aromatic N) is 3. The van der Waals surface area contributed by atoms with Gasteiger partial charge in [-0.25, -0.2) is 18.1 Å². The molecule has 1 aromatic rings. The summed E-state index contributed by atoms with van der Waals surface area (Å²) in [6.45, 7) is 3.32. The Bertz CT molecular complexity index is 529. The first-order valence-corrected chi connectivity index (χ1v) is 6.73. The molecule has 1 unspecified atom stereocenters. The molecule has 1 heterocycles. The number of amidine groups is 1. The van der Waals surface area contributed by atoms with Crippen LogP contribution in [-0.2, 0) is 17.1 Å². The molecular formula is C9H17N5O3S. The van der Waals surface area contributed by atoms with E-state index in [0.29, 0.717) is 5.82 Å². The average molecular weight is 275 g/mol. The molecule has 9 heteroatoms. The number of rotatable bonds is 5. The highest BCUT2D eigenvalue weighted by Gasteiger charge is 2.21. The molecule has 1 rings (SSSR count). The third-order valence-corrected chi connectivity index (χ3v) is 3.82. The molecular weight excluding hydrogens is 258 g/mol. The van der Waals surface area contributed by atoms with Crippen molar-refractivity contribution in [2.75, 3.05) is 0 Å². The minimum Gasteiger partial charge on any atom is -0.409 e. The lowest BCUT2D eigenvalue weighted by Crippen LogP contribution is -2.36. The summed E-state index contributed by atoms with van der Waals surface area (Å²) < 4.78 is 27.9. The number of nitrogens with two attached hydrogens (primary N) is 1. The van der Waals surface area contributed by atoms with Crippen LogP contribution >= 0.6 is 0 Å². The van der Waals surface area contributed by atoms with Crippen molar-refractivity contribution in [3.8, 4) is 0 Å². The van der Waals surface area contributed by atoms with Gasteiger partial charge < -0.3 is 15.5 Å². The van der Waals surface area contributed by atoms with Crippen molar-refractivity contribution < 1.29 is 13.6 Å². The number of oxime groups is 1. The van der Waals surface area contributed by atoms with Crippen molar-refractivity contribution in [3.05, 3.63) is 12.0 Å². The lowest BCUT2D eigenvalue weighted by Gasteiger charge is -2.11. The van der Waals surface area contributed by atoms with Gasteiger partial charge in [0.05, 0.1) is 0 Å². The maximum atomic E-state index is 11.9. The molecule has 18 heavy (non-hydrogen) atoms. The van der Waals surface area contributed by atoms with Crippen LogP contribution in [0, 0.1) is 6.92 Å². The van der Waals surface area contributed by atoms with Crippen molar-refractivity contribution >= 4 is 15.9 Å². The minimum atomic E-state index is -3.69. The summed E-state index contributed by atoms with van der Waals surface area (Å²) in [5.41, 5.74) is 5.31. The van der Waals surface area contributed by atoms with Gasteiger partial charge in [-0.2, -0.15) is 0 Å². The minimum absolute atomic E-state index is 0.0394. The fraction of sp³-hybridized carbons (Fsp3) is 0.556. The number of imidazole rings is 1. The van der Waals surface area contributed by atoms with Crippen LogP contribution in [0.3, 0.4) is 0 Å². The molecule has 0 aliphatic carbocycles. The Morgan fingerprint density at radius 2 is 2.33 bits per heavy atom. The summed E-state index contributed by atoms with van der Waals surface area (Å²) in [4.78, 5) is 3.94. The second-order valence-corrected chi connectivity index (χ2v) is 5.72. The Balaban J connectivity index is 2.82. The number of nitrogens with one attached hydrogen (secondary N) is 1. The third-order valence-electron chi connectivity index (χ3n) is 2.36. The van der Waals surface area contributed by atoms with Crippen molar-refractivity contribution in [3.63, 3.8) is 0 Å². The van der Waals surface area contributed by atoms with Crippen molar-refractivity contribution in [1.29, 1.82) is 0 Å². The Kier molecular flexibility index (Phi) is 4.30. The zero-order valence-electron chi connectivity index (χ0n) is 10.5. The van der Waals surface area contributed by atoms with E-state index in [1.165, 1.54) is 6.20 Å². The normalized spacial score (nSPS) is 14.7. The van der Waals surface area contributed by atoms with Gasteiger partial charge in [-0.1, -0.05) is 5.16 Å². The predicted molar refractivity (Wildman–Crippen MR) is 65.8 cm³/mol. The molecule has 0 saturated heterocycles. The summed E-state index contributed by atoms with van der Waals surface area (Å²) >= 11 is 0. The van der Waals surface area contributed by atoms with Crippen molar-refractivity contribution in [1.82, 2.24) is 14.3 Å². The van der Waals surface area contributed by atoms with E-state index in [1.807, 2.05) is 0 Å². The van der Waals surface area contributed by atoms with Crippen molar-refractivity contribution in [2.45, 2.75) is 31.3 Å². The number of aryl methyl sites for hydroxylation is 2. The molecule has 0 bridgehead atoms. The molecule has 4 N–H and O–H groups in total. The molecule has 0 aliphatic rings. The highest BCUT2D eigenvalue weighted by atomic mass is 32.2. The Hall–Kier alpha value is -1.61. The van der Waals surface area contributed by atoms with Crippen LogP contribution in [0.2, 0.25) is 0 Å². The van der Waals surface area contributed by atoms with Crippen LogP contribution in [0.15, 0.2) is 16.4 Å². The van der Waals surface area contributed by atoms with E-state index in [0.717, 1.165) is 0 Å². The first-order chi connectivity index (χ1) is 8.26. The van der Waals surface area contributed by atoms with Crippen LogP contribution in [-0.4, -0.2) is 35.1 Å². The van der Waals surface area contributed by atoms with E-state index in [1.54, 1.807) is 25.5 Å². The monoisotopic (exact) mass is 275 g/mol. The van der Waals surface area contributed by atoms with Crippen LogP contribution in [0.4, 0.5) is 0 Å². The summed E-state index contributed by atoms with van der Waals surface area (Å²) in [5, 5.41) is 11.2. The van der Waals surface area contributed by atoms with E-state index >= 15 is 0 Å². The second-order valence-electron chi connectivity index (χ2n) is 4.06. The molecule has 0 spiro atoms. The number of sulfonamides is 1. The van der Waals surface area contributed by atoms with E-state index in [2.05, 4.69) is 14.9 Å². The van der Waals surface area contributed by atoms with Crippen LogP contribution in [0.1, 0.15) is 19.2 Å². The molecule has 0 fully saturated rings. The first kappa shape index (κ1) is 14.5. The maximum Gasteiger partial charge on any atom is 0.259 e. The van der Waals surface area contributed by atoms with Crippen molar-refractivity contribution in [2.24, 2.45) is 17.9 Å². The summed E-state index contributed by atoms with van der Waals surface area (Å²) in [5.74, 6) is 0.557. The van der Waals surface area contributed by atoms with E-state index in [4.69, 9.17) is 10.9 Å². The van der Waals surface area contributed by atoms with Gasteiger partial charge in [0.1, 0.15) is 11.7 Å². The molecule has 0 aromatic carbocycles. The molecule has 0 amide bonds. The van der Waals surface area contributed by atoms with Crippen LogP contribution in [0.5, 0.6) is 0 Å². The Morgan fingerprint density at radius 1 is 1.72 bits per heavy atom.